The number of carbonyl (C=O) groups excluding carboxylic acids is 1. The molecule has 1 N–H and O–H groups in total. The van der Waals surface area contributed by atoms with Crippen LogP contribution in [0.1, 0.15) is 77.0 Å². The Morgan fingerprint density at radius 2 is 1.61 bits per heavy atom. The van der Waals surface area contributed by atoms with Gasteiger partial charge in [0.05, 0.1) is 23.6 Å². The summed E-state index contributed by atoms with van der Waals surface area (Å²) in [6, 6.07) is 4.45. The zero-order chi connectivity index (χ0) is 22.3. The highest BCUT2D eigenvalue weighted by atomic mass is 35.5. The number of nitrogens with zero attached hydrogens (tertiary/aromatic N) is 1. The van der Waals surface area contributed by atoms with Gasteiger partial charge < -0.3 is 10.1 Å². The quantitative estimate of drug-likeness (QED) is 0.614. The fraction of sp³-hybridized carbons (Fsp3) is 0.696. The molecule has 0 unspecified atom stereocenters. The predicted molar refractivity (Wildman–Crippen MR) is 123 cm³/mol. The van der Waals surface area contributed by atoms with Crippen LogP contribution < -0.4 is 10.1 Å². The van der Waals surface area contributed by atoms with Crippen LogP contribution >= 0.6 is 11.6 Å². The van der Waals surface area contributed by atoms with Gasteiger partial charge in [0.1, 0.15) is 5.75 Å². The largest absolute Gasteiger partial charge is 0.495 e. The fourth-order valence-electron chi connectivity index (χ4n) is 4.74. The number of benzene rings is 1. The molecule has 0 aliphatic heterocycles. The molecule has 174 valence electrons. The lowest BCUT2D eigenvalue weighted by atomic mass is 9.95. The van der Waals surface area contributed by atoms with Crippen molar-refractivity contribution in [2.24, 2.45) is 0 Å². The average Bonchev–Trinajstić information content (AvgIpc) is 2.74. The highest BCUT2D eigenvalue weighted by molar-refractivity contribution is 7.89. The van der Waals surface area contributed by atoms with Crippen molar-refractivity contribution in [3.8, 4) is 5.75 Å². The fourth-order valence-corrected chi connectivity index (χ4v) is 6.73. The zero-order valence-electron chi connectivity index (χ0n) is 18.4. The lowest BCUT2D eigenvalue weighted by Gasteiger charge is -2.33. The Labute approximate surface area is 191 Å². The van der Waals surface area contributed by atoms with E-state index in [1.165, 1.54) is 42.8 Å². The third-order valence-electron chi connectivity index (χ3n) is 6.48. The molecule has 0 atom stereocenters. The Morgan fingerprint density at radius 1 is 1.03 bits per heavy atom. The predicted octanol–water partition coefficient (Wildman–Crippen LogP) is 4.90. The van der Waals surface area contributed by atoms with Gasteiger partial charge in [-0.1, -0.05) is 63.0 Å². The normalized spacial score (nSPS) is 19.6. The van der Waals surface area contributed by atoms with Crippen LogP contribution in [0.3, 0.4) is 0 Å². The van der Waals surface area contributed by atoms with Crippen LogP contribution in [0.5, 0.6) is 5.75 Å². The molecular formula is C23H35ClN2O4S. The molecule has 0 saturated heterocycles. The van der Waals surface area contributed by atoms with Crippen molar-refractivity contribution >= 4 is 27.5 Å². The number of ether oxygens (including phenoxy) is 1. The molecule has 1 amide bonds. The van der Waals surface area contributed by atoms with Gasteiger partial charge in [-0.3, -0.25) is 4.79 Å². The summed E-state index contributed by atoms with van der Waals surface area (Å²) in [5.74, 6) is 0.214. The molecule has 0 spiro atoms. The molecule has 0 bridgehead atoms. The summed E-state index contributed by atoms with van der Waals surface area (Å²) in [6.45, 7) is -0.146. The number of rotatable bonds is 7. The van der Waals surface area contributed by atoms with Crippen LogP contribution in [-0.4, -0.2) is 44.4 Å². The Balaban J connectivity index is 1.78. The van der Waals surface area contributed by atoms with E-state index in [4.69, 9.17) is 16.3 Å². The number of halogens is 1. The Morgan fingerprint density at radius 3 is 2.23 bits per heavy atom. The van der Waals surface area contributed by atoms with E-state index in [2.05, 4.69) is 5.32 Å². The van der Waals surface area contributed by atoms with Gasteiger partial charge in [0.25, 0.3) is 0 Å². The van der Waals surface area contributed by atoms with E-state index in [-0.39, 0.29) is 34.5 Å². The van der Waals surface area contributed by atoms with Gasteiger partial charge in [-0.15, -0.1) is 0 Å². The van der Waals surface area contributed by atoms with Gasteiger partial charge >= 0.3 is 0 Å². The van der Waals surface area contributed by atoms with E-state index in [1.54, 1.807) is 6.07 Å². The highest BCUT2D eigenvalue weighted by Gasteiger charge is 2.34. The molecule has 2 aliphatic rings. The van der Waals surface area contributed by atoms with E-state index in [1.807, 2.05) is 0 Å². The van der Waals surface area contributed by atoms with Crippen LogP contribution in [0.2, 0.25) is 5.02 Å². The van der Waals surface area contributed by atoms with Crippen molar-refractivity contribution in [2.45, 2.75) is 94.0 Å². The van der Waals surface area contributed by atoms with E-state index in [0.29, 0.717) is 5.75 Å². The number of carbonyl (C=O) groups is 1. The molecule has 1 aromatic rings. The minimum Gasteiger partial charge on any atom is -0.495 e. The monoisotopic (exact) mass is 470 g/mol. The zero-order valence-corrected chi connectivity index (χ0v) is 20.0. The van der Waals surface area contributed by atoms with E-state index in [0.717, 1.165) is 57.8 Å². The lowest BCUT2D eigenvalue weighted by molar-refractivity contribution is -0.122. The first-order valence-electron chi connectivity index (χ1n) is 11.6. The molecule has 2 fully saturated rings. The molecule has 6 nitrogen and oxygen atoms in total. The van der Waals surface area contributed by atoms with Crippen molar-refractivity contribution < 1.29 is 17.9 Å². The van der Waals surface area contributed by atoms with Gasteiger partial charge in [0.2, 0.25) is 15.9 Å². The smallest absolute Gasteiger partial charge is 0.243 e. The van der Waals surface area contributed by atoms with Crippen LogP contribution in [0.15, 0.2) is 23.1 Å². The van der Waals surface area contributed by atoms with Crippen LogP contribution in [-0.2, 0) is 14.8 Å². The molecular weight excluding hydrogens is 436 g/mol. The molecule has 0 radical (unpaired) electrons. The maximum atomic E-state index is 13.6. The summed E-state index contributed by atoms with van der Waals surface area (Å²) in [4.78, 5) is 13.0. The molecule has 0 heterocycles. The second-order valence-corrected chi connectivity index (χ2v) is 11.0. The summed E-state index contributed by atoms with van der Waals surface area (Å²) < 4.78 is 33.7. The maximum absolute atomic E-state index is 13.6. The second-order valence-electron chi connectivity index (χ2n) is 8.75. The molecule has 8 heteroatoms. The summed E-state index contributed by atoms with van der Waals surface area (Å²) in [5.41, 5.74) is 0. The van der Waals surface area contributed by atoms with Gasteiger partial charge in [0.15, 0.2) is 0 Å². The molecule has 31 heavy (non-hydrogen) atoms. The van der Waals surface area contributed by atoms with Gasteiger partial charge in [-0.25, -0.2) is 8.42 Å². The SMILES string of the molecule is COc1ccc(S(=O)(=O)N(CC(=O)NC2CCCCCCC2)C2CCCCC2)cc1Cl. The van der Waals surface area contributed by atoms with E-state index in [9.17, 15) is 13.2 Å². The van der Waals surface area contributed by atoms with E-state index >= 15 is 0 Å². The number of hydrogen-bond acceptors (Lipinski definition) is 4. The first kappa shape index (κ1) is 24.3. The summed E-state index contributed by atoms with van der Waals surface area (Å²) in [7, 11) is -2.37. The Kier molecular flexibility index (Phi) is 9.05. The van der Waals surface area contributed by atoms with Crippen LogP contribution in [0.25, 0.3) is 0 Å². The first-order chi connectivity index (χ1) is 14.9. The topological polar surface area (TPSA) is 75.7 Å². The Hall–Kier alpha value is -1.31. The summed E-state index contributed by atoms with van der Waals surface area (Å²) in [6.07, 6.45) is 12.4. The van der Waals surface area contributed by atoms with Crippen molar-refractivity contribution in [3.63, 3.8) is 0 Å². The lowest BCUT2D eigenvalue weighted by Crippen LogP contribution is -2.48. The van der Waals surface area contributed by atoms with Gasteiger partial charge in [-0.2, -0.15) is 4.31 Å². The van der Waals surface area contributed by atoms with Crippen molar-refractivity contribution in [2.75, 3.05) is 13.7 Å². The molecule has 3 rings (SSSR count). The van der Waals surface area contributed by atoms with Crippen molar-refractivity contribution in [1.82, 2.24) is 9.62 Å². The number of sulfonamides is 1. The third kappa shape index (κ3) is 6.59. The molecule has 2 aliphatic carbocycles. The second kappa shape index (κ2) is 11.5. The maximum Gasteiger partial charge on any atom is 0.243 e. The van der Waals surface area contributed by atoms with Gasteiger partial charge in [0, 0.05) is 12.1 Å². The first-order valence-corrected chi connectivity index (χ1v) is 13.4. The van der Waals surface area contributed by atoms with Crippen molar-refractivity contribution in [1.29, 1.82) is 0 Å². The average molecular weight is 471 g/mol. The minimum absolute atomic E-state index is 0.0997. The van der Waals surface area contributed by atoms with Crippen molar-refractivity contribution in [3.05, 3.63) is 23.2 Å². The molecule has 0 aromatic heterocycles. The standard InChI is InChI=1S/C23H35ClN2O4S/c1-30-22-15-14-20(16-21(22)24)31(28,29)26(19-12-8-5-9-13-19)17-23(27)25-18-10-6-3-2-4-7-11-18/h14-16,18-19H,2-13,17H2,1H3,(H,25,27). The summed E-state index contributed by atoms with van der Waals surface area (Å²) in [5, 5.41) is 3.36. The minimum atomic E-state index is -3.86. The highest BCUT2D eigenvalue weighted by Crippen LogP contribution is 2.32. The number of hydrogen-bond donors (Lipinski definition) is 1. The van der Waals surface area contributed by atoms with Gasteiger partial charge in [-0.05, 0) is 43.9 Å². The number of nitrogens with one attached hydrogen (secondary N) is 1. The summed E-state index contributed by atoms with van der Waals surface area (Å²) >= 11 is 6.20. The third-order valence-corrected chi connectivity index (χ3v) is 8.67. The molecule has 1 aromatic carbocycles. The van der Waals surface area contributed by atoms with Crippen LogP contribution in [0.4, 0.5) is 0 Å². The number of methoxy groups -OCH3 is 1. The van der Waals surface area contributed by atoms with E-state index < -0.39 is 10.0 Å². The Bertz CT molecular complexity index is 832. The molecule has 2 saturated carbocycles. The number of amides is 1. The van der Waals surface area contributed by atoms with Crippen LogP contribution in [0, 0.1) is 0 Å².